The van der Waals surface area contributed by atoms with Crippen molar-refractivity contribution in [2.24, 2.45) is 0 Å². The normalized spacial score (nSPS) is 11.5. The summed E-state index contributed by atoms with van der Waals surface area (Å²) in [6.45, 7) is 4.36. The number of thiocarbonyl (C=S) groups is 1. The van der Waals surface area contributed by atoms with E-state index in [-0.39, 0.29) is 10.0 Å². The lowest BCUT2D eigenvalue weighted by atomic mass is 10.2. The molecular formula is C21H22ClN3O4S3. The molecule has 0 atom stereocenters. The number of hydrogen-bond donors (Lipinski definition) is 2. The highest BCUT2D eigenvalue weighted by Crippen LogP contribution is 2.37. The molecule has 0 saturated heterocycles. The van der Waals surface area contributed by atoms with Crippen molar-refractivity contribution in [2.75, 3.05) is 25.5 Å². The minimum absolute atomic E-state index is 0.0699. The minimum atomic E-state index is -3.54. The van der Waals surface area contributed by atoms with Crippen LogP contribution in [0.15, 0.2) is 47.4 Å². The third-order valence-electron chi connectivity index (χ3n) is 4.73. The van der Waals surface area contributed by atoms with E-state index in [0.717, 1.165) is 10.1 Å². The molecule has 11 heteroatoms. The Morgan fingerprint density at radius 1 is 1.16 bits per heavy atom. The number of ether oxygens (including phenoxy) is 1. The molecule has 7 nitrogen and oxygen atoms in total. The lowest BCUT2D eigenvalue weighted by Crippen LogP contribution is -2.33. The van der Waals surface area contributed by atoms with Gasteiger partial charge in [0.05, 0.1) is 17.0 Å². The minimum Gasteiger partial charge on any atom is -0.497 e. The Morgan fingerprint density at radius 3 is 2.41 bits per heavy atom. The molecule has 0 spiro atoms. The van der Waals surface area contributed by atoms with Crippen LogP contribution in [0.3, 0.4) is 0 Å². The second-order valence-electron chi connectivity index (χ2n) is 6.63. The fraction of sp³-hybridized carbons (Fsp3) is 0.238. The number of rotatable bonds is 7. The first-order valence-electron chi connectivity index (χ1n) is 9.69. The summed E-state index contributed by atoms with van der Waals surface area (Å²) in [6, 6.07) is 11.6. The first-order valence-corrected chi connectivity index (χ1v) is 12.7. The fourth-order valence-electron chi connectivity index (χ4n) is 3.06. The van der Waals surface area contributed by atoms with Crippen LogP contribution in [0.1, 0.15) is 23.5 Å². The van der Waals surface area contributed by atoms with E-state index in [9.17, 15) is 13.2 Å². The molecule has 2 aromatic carbocycles. The first-order chi connectivity index (χ1) is 15.2. The first kappa shape index (κ1) is 24.4. The molecule has 3 aromatic rings. The van der Waals surface area contributed by atoms with Gasteiger partial charge in [-0.2, -0.15) is 4.31 Å². The predicted molar refractivity (Wildman–Crippen MR) is 134 cm³/mol. The molecule has 1 amide bonds. The largest absolute Gasteiger partial charge is 0.497 e. The van der Waals surface area contributed by atoms with Crippen molar-refractivity contribution in [3.05, 3.63) is 52.4 Å². The monoisotopic (exact) mass is 511 g/mol. The molecular weight excluding hydrogens is 490 g/mol. The summed E-state index contributed by atoms with van der Waals surface area (Å²) in [4.78, 5) is 13.2. The van der Waals surface area contributed by atoms with Crippen LogP contribution in [-0.2, 0) is 10.0 Å². The van der Waals surface area contributed by atoms with Gasteiger partial charge in [0.1, 0.15) is 10.6 Å². The zero-order chi connectivity index (χ0) is 23.5. The van der Waals surface area contributed by atoms with Crippen LogP contribution in [0.2, 0.25) is 5.02 Å². The number of anilines is 1. The summed E-state index contributed by atoms with van der Waals surface area (Å²) in [7, 11) is -1.97. The van der Waals surface area contributed by atoms with E-state index >= 15 is 0 Å². The third kappa shape index (κ3) is 5.05. The molecule has 0 fully saturated rings. The van der Waals surface area contributed by atoms with E-state index in [2.05, 4.69) is 10.6 Å². The summed E-state index contributed by atoms with van der Waals surface area (Å²) < 4.78 is 32.6. The van der Waals surface area contributed by atoms with E-state index in [1.807, 2.05) is 6.07 Å². The molecule has 0 aliphatic rings. The van der Waals surface area contributed by atoms with Gasteiger partial charge in [-0.1, -0.05) is 25.4 Å². The van der Waals surface area contributed by atoms with Crippen LogP contribution in [-0.4, -0.2) is 43.9 Å². The van der Waals surface area contributed by atoms with Gasteiger partial charge in [-0.3, -0.25) is 10.1 Å². The van der Waals surface area contributed by atoms with E-state index in [4.69, 9.17) is 28.6 Å². The number of fused-ring (bicyclic) bond motifs is 1. The standard InChI is InChI=1S/C21H22ClN3O4S3/c1-4-25(5-2)32(27,28)15-9-6-13(7-10-15)23-21(30)24-20(26)19-18(22)16-11-8-14(29-3)12-17(16)31-19/h6-12H,4-5H2,1-3H3,(H2,23,24,26,30). The smallest absolute Gasteiger partial charge is 0.269 e. The van der Waals surface area contributed by atoms with Gasteiger partial charge in [-0.05, 0) is 54.7 Å². The van der Waals surface area contributed by atoms with Crippen molar-refractivity contribution < 1.29 is 17.9 Å². The third-order valence-corrected chi connectivity index (χ3v) is 8.65. The van der Waals surface area contributed by atoms with E-state index in [1.54, 1.807) is 45.2 Å². The lowest BCUT2D eigenvalue weighted by molar-refractivity contribution is 0.0982. The molecule has 0 aliphatic heterocycles. The molecule has 0 radical (unpaired) electrons. The molecule has 0 bridgehead atoms. The second kappa shape index (κ2) is 10.1. The van der Waals surface area contributed by atoms with Crippen molar-refractivity contribution in [1.29, 1.82) is 0 Å². The van der Waals surface area contributed by atoms with Crippen LogP contribution in [0.4, 0.5) is 5.69 Å². The maximum absolute atomic E-state index is 12.7. The van der Waals surface area contributed by atoms with Gasteiger partial charge in [-0.25, -0.2) is 8.42 Å². The Kier molecular flexibility index (Phi) is 7.73. The van der Waals surface area contributed by atoms with Crippen LogP contribution in [0, 0.1) is 0 Å². The molecule has 3 rings (SSSR count). The van der Waals surface area contributed by atoms with Gasteiger partial charge in [0.15, 0.2) is 5.11 Å². The fourth-order valence-corrected chi connectivity index (χ4v) is 6.17. The number of methoxy groups -OCH3 is 1. The lowest BCUT2D eigenvalue weighted by Gasteiger charge is -2.18. The Balaban J connectivity index is 1.70. The zero-order valence-corrected chi connectivity index (χ0v) is 20.8. The molecule has 0 saturated carbocycles. The predicted octanol–water partition coefficient (Wildman–Crippen LogP) is 4.72. The highest BCUT2D eigenvalue weighted by Gasteiger charge is 2.22. The SMILES string of the molecule is CCN(CC)S(=O)(=O)c1ccc(NC(=S)NC(=O)c2sc3cc(OC)ccc3c2Cl)cc1. The maximum atomic E-state index is 12.7. The average Bonchev–Trinajstić information content (AvgIpc) is 3.10. The summed E-state index contributed by atoms with van der Waals surface area (Å²) in [5.41, 5.74) is 0.543. The summed E-state index contributed by atoms with van der Waals surface area (Å²) in [6.07, 6.45) is 0. The molecule has 0 aliphatic carbocycles. The summed E-state index contributed by atoms with van der Waals surface area (Å²) in [5.74, 6) is 0.236. The number of thiophene rings is 1. The summed E-state index contributed by atoms with van der Waals surface area (Å²) >= 11 is 12.9. The number of benzene rings is 2. The highest BCUT2D eigenvalue weighted by molar-refractivity contribution is 7.89. The maximum Gasteiger partial charge on any atom is 0.269 e. The van der Waals surface area contributed by atoms with Crippen molar-refractivity contribution in [1.82, 2.24) is 9.62 Å². The van der Waals surface area contributed by atoms with E-state index in [1.165, 1.54) is 27.8 Å². The van der Waals surface area contributed by atoms with Crippen LogP contribution < -0.4 is 15.4 Å². The molecule has 1 heterocycles. The topological polar surface area (TPSA) is 87.7 Å². The van der Waals surface area contributed by atoms with Gasteiger partial charge in [-0.15, -0.1) is 11.3 Å². The molecule has 1 aromatic heterocycles. The van der Waals surface area contributed by atoms with E-state index in [0.29, 0.717) is 34.4 Å². The Labute approximate surface area is 201 Å². The van der Waals surface area contributed by atoms with Gasteiger partial charge in [0.25, 0.3) is 5.91 Å². The second-order valence-corrected chi connectivity index (χ2v) is 10.4. The Bertz CT molecular complexity index is 1250. The number of sulfonamides is 1. The number of halogens is 1. The number of nitrogens with zero attached hydrogens (tertiary/aromatic N) is 1. The average molecular weight is 512 g/mol. The number of nitrogens with one attached hydrogen (secondary N) is 2. The Hall–Kier alpha value is -2.24. The van der Waals surface area contributed by atoms with Crippen LogP contribution in [0.25, 0.3) is 10.1 Å². The van der Waals surface area contributed by atoms with Crippen molar-refractivity contribution >= 4 is 72.0 Å². The summed E-state index contributed by atoms with van der Waals surface area (Å²) in [5, 5.41) is 6.66. The van der Waals surface area contributed by atoms with Gasteiger partial charge in [0.2, 0.25) is 10.0 Å². The molecule has 0 unspecified atom stereocenters. The number of carbonyl (C=O) groups is 1. The van der Waals surface area contributed by atoms with Gasteiger partial charge >= 0.3 is 0 Å². The van der Waals surface area contributed by atoms with Gasteiger partial charge < -0.3 is 10.1 Å². The van der Waals surface area contributed by atoms with Crippen LogP contribution in [0.5, 0.6) is 5.75 Å². The Morgan fingerprint density at radius 2 is 1.81 bits per heavy atom. The quantitative estimate of drug-likeness (QED) is 0.446. The molecule has 32 heavy (non-hydrogen) atoms. The zero-order valence-electron chi connectivity index (χ0n) is 17.6. The van der Waals surface area contributed by atoms with Crippen molar-refractivity contribution in [2.45, 2.75) is 18.7 Å². The van der Waals surface area contributed by atoms with Crippen molar-refractivity contribution in [3.8, 4) is 5.75 Å². The van der Waals surface area contributed by atoms with E-state index < -0.39 is 15.9 Å². The number of amides is 1. The number of hydrogen-bond acceptors (Lipinski definition) is 6. The highest BCUT2D eigenvalue weighted by atomic mass is 35.5. The molecule has 2 N–H and O–H groups in total. The number of carbonyl (C=O) groups excluding carboxylic acids is 1. The van der Waals surface area contributed by atoms with Gasteiger partial charge in [0, 0.05) is 28.9 Å². The van der Waals surface area contributed by atoms with Crippen molar-refractivity contribution in [3.63, 3.8) is 0 Å². The molecule has 170 valence electrons. The van der Waals surface area contributed by atoms with Crippen LogP contribution >= 0.6 is 35.2 Å².